The molecular weight excluding hydrogens is 242 g/mol. The van der Waals surface area contributed by atoms with Crippen LogP contribution in [0.5, 0.6) is 0 Å². The Morgan fingerprint density at radius 2 is 2.29 bits per heavy atom. The van der Waals surface area contributed by atoms with Crippen molar-refractivity contribution < 1.29 is 5.11 Å². The second-order valence-corrected chi connectivity index (χ2v) is 4.90. The second kappa shape index (κ2) is 4.41. The van der Waals surface area contributed by atoms with Crippen LogP contribution in [0.2, 0.25) is 0 Å². The summed E-state index contributed by atoms with van der Waals surface area (Å²) in [7, 11) is 0. The lowest BCUT2D eigenvalue weighted by Crippen LogP contribution is -2.14. The molecule has 1 fully saturated rings. The summed E-state index contributed by atoms with van der Waals surface area (Å²) >= 11 is 3.35. The first kappa shape index (κ1) is 10.1. The second-order valence-electron chi connectivity index (χ2n) is 3.98. The molecule has 3 heteroatoms. The summed E-state index contributed by atoms with van der Waals surface area (Å²) in [5.74, 6) is 0.726. The molecule has 1 N–H and O–H groups in total. The van der Waals surface area contributed by atoms with Gasteiger partial charge in [0.05, 0.1) is 6.10 Å². The predicted molar refractivity (Wildman–Crippen MR) is 58.9 cm³/mol. The minimum absolute atomic E-state index is 0.342. The summed E-state index contributed by atoms with van der Waals surface area (Å²) in [6.07, 6.45) is 7.90. The smallest absolute Gasteiger partial charge is 0.0808 e. The van der Waals surface area contributed by atoms with Crippen LogP contribution in [0.25, 0.3) is 0 Å². The summed E-state index contributed by atoms with van der Waals surface area (Å²) in [6.45, 7) is 0. The minimum Gasteiger partial charge on any atom is -0.388 e. The fraction of sp³-hybridized carbons (Fsp3) is 0.545. The average Bonchev–Trinajstić information content (AvgIpc) is 2.11. The van der Waals surface area contributed by atoms with Crippen molar-refractivity contribution in [1.29, 1.82) is 0 Å². The van der Waals surface area contributed by atoms with Gasteiger partial charge in [-0.2, -0.15) is 0 Å². The molecule has 1 saturated carbocycles. The molecule has 1 aliphatic carbocycles. The number of pyridine rings is 1. The maximum absolute atomic E-state index is 9.92. The first-order chi connectivity index (χ1) is 6.75. The molecule has 14 heavy (non-hydrogen) atoms. The lowest BCUT2D eigenvalue weighted by molar-refractivity contribution is 0.118. The fourth-order valence-electron chi connectivity index (χ4n) is 1.79. The Kier molecular flexibility index (Phi) is 3.19. The largest absolute Gasteiger partial charge is 0.388 e. The maximum atomic E-state index is 9.92. The molecular formula is C11H14BrNO. The highest BCUT2D eigenvalue weighted by Crippen LogP contribution is 2.34. The van der Waals surface area contributed by atoms with Gasteiger partial charge in [-0.3, -0.25) is 4.98 Å². The molecule has 0 saturated heterocycles. The predicted octanol–water partition coefficient (Wildman–Crippen LogP) is 3.07. The molecule has 1 aliphatic rings. The molecule has 1 heterocycles. The minimum atomic E-state index is -0.342. The van der Waals surface area contributed by atoms with Crippen molar-refractivity contribution >= 4 is 15.9 Å². The molecule has 76 valence electrons. The maximum Gasteiger partial charge on any atom is 0.0808 e. The Bertz CT molecular complexity index is 312. The number of aromatic nitrogens is 1. The zero-order valence-electron chi connectivity index (χ0n) is 7.99. The molecule has 2 nitrogen and oxygen atoms in total. The Balaban J connectivity index is 1.98. The third kappa shape index (κ3) is 2.34. The van der Waals surface area contributed by atoms with Crippen LogP contribution in [-0.2, 0) is 0 Å². The molecule has 0 amide bonds. The number of rotatable bonds is 3. The average molecular weight is 256 g/mol. The van der Waals surface area contributed by atoms with Gasteiger partial charge in [0.2, 0.25) is 0 Å². The van der Waals surface area contributed by atoms with Gasteiger partial charge in [0.15, 0.2) is 0 Å². The normalized spacial score (nSPS) is 19.0. The van der Waals surface area contributed by atoms with Crippen LogP contribution in [0.4, 0.5) is 0 Å². The van der Waals surface area contributed by atoms with Gasteiger partial charge in [0.1, 0.15) is 0 Å². The number of hydrogen-bond acceptors (Lipinski definition) is 2. The standard InChI is InChI=1S/C11H14BrNO/c12-10-5-9(6-13-7-10)11(14)4-8-2-1-3-8/h5-8,11,14H,1-4H2. The molecule has 1 atom stereocenters. The van der Waals surface area contributed by atoms with Gasteiger partial charge < -0.3 is 5.11 Å². The van der Waals surface area contributed by atoms with E-state index in [4.69, 9.17) is 0 Å². The fourth-order valence-corrected chi connectivity index (χ4v) is 2.17. The Hall–Kier alpha value is -0.410. The summed E-state index contributed by atoms with van der Waals surface area (Å²) in [5.41, 5.74) is 0.922. The van der Waals surface area contributed by atoms with Crippen LogP contribution in [0, 0.1) is 5.92 Å². The zero-order valence-corrected chi connectivity index (χ0v) is 9.57. The highest BCUT2D eigenvalue weighted by molar-refractivity contribution is 9.10. The number of aliphatic hydroxyl groups is 1. The lowest BCUT2D eigenvalue weighted by atomic mass is 9.80. The summed E-state index contributed by atoms with van der Waals surface area (Å²) < 4.78 is 0.933. The quantitative estimate of drug-likeness (QED) is 0.901. The molecule has 1 aromatic rings. The van der Waals surface area contributed by atoms with Crippen LogP contribution < -0.4 is 0 Å². The highest BCUT2D eigenvalue weighted by atomic mass is 79.9. The number of hydrogen-bond donors (Lipinski definition) is 1. The SMILES string of the molecule is OC(CC1CCC1)c1cncc(Br)c1. The number of aliphatic hydroxyl groups excluding tert-OH is 1. The van der Waals surface area contributed by atoms with Crippen molar-refractivity contribution in [1.82, 2.24) is 4.98 Å². The van der Waals surface area contributed by atoms with E-state index < -0.39 is 0 Å². The summed E-state index contributed by atoms with van der Waals surface area (Å²) in [4.78, 5) is 4.05. The van der Waals surface area contributed by atoms with Crippen LogP contribution >= 0.6 is 15.9 Å². The Morgan fingerprint density at radius 1 is 1.50 bits per heavy atom. The third-order valence-electron chi connectivity index (χ3n) is 2.89. The van der Waals surface area contributed by atoms with Crippen molar-refractivity contribution in [2.45, 2.75) is 31.8 Å². The van der Waals surface area contributed by atoms with Gasteiger partial charge in [0, 0.05) is 16.9 Å². The van der Waals surface area contributed by atoms with Crippen LogP contribution in [0.3, 0.4) is 0 Å². The van der Waals surface area contributed by atoms with Crippen LogP contribution in [-0.4, -0.2) is 10.1 Å². The van der Waals surface area contributed by atoms with E-state index in [0.717, 1.165) is 22.4 Å². The van der Waals surface area contributed by atoms with Crippen molar-refractivity contribution in [3.05, 3.63) is 28.5 Å². The van der Waals surface area contributed by atoms with Crippen molar-refractivity contribution in [2.24, 2.45) is 5.92 Å². The molecule has 1 aromatic heterocycles. The first-order valence-electron chi connectivity index (χ1n) is 5.04. The molecule has 1 unspecified atom stereocenters. The topological polar surface area (TPSA) is 33.1 Å². The Labute approximate surface area is 92.5 Å². The van der Waals surface area contributed by atoms with E-state index >= 15 is 0 Å². The van der Waals surface area contributed by atoms with Gasteiger partial charge >= 0.3 is 0 Å². The van der Waals surface area contributed by atoms with E-state index in [9.17, 15) is 5.11 Å². The van der Waals surface area contributed by atoms with Crippen molar-refractivity contribution in [2.75, 3.05) is 0 Å². The van der Waals surface area contributed by atoms with E-state index in [0.29, 0.717) is 0 Å². The van der Waals surface area contributed by atoms with Crippen molar-refractivity contribution in [3.8, 4) is 0 Å². The number of nitrogens with zero attached hydrogens (tertiary/aromatic N) is 1. The Morgan fingerprint density at radius 3 is 2.86 bits per heavy atom. The lowest BCUT2D eigenvalue weighted by Gasteiger charge is -2.27. The molecule has 2 rings (SSSR count). The first-order valence-corrected chi connectivity index (χ1v) is 5.83. The van der Waals surface area contributed by atoms with E-state index in [2.05, 4.69) is 20.9 Å². The van der Waals surface area contributed by atoms with Crippen molar-refractivity contribution in [3.63, 3.8) is 0 Å². The van der Waals surface area contributed by atoms with Gasteiger partial charge in [0.25, 0.3) is 0 Å². The molecule has 0 bridgehead atoms. The zero-order chi connectivity index (χ0) is 9.97. The van der Waals surface area contributed by atoms with E-state index in [-0.39, 0.29) is 6.10 Å². The molecule has 0 aromatic carbocycles. The highest BCUT2D eigenvalue weighted by Gasteiger charge is 2.21. The molecule has 0 aliphatic heterocycles. The van der Waals surface area contributed by atoms with Gasteiger partial charge in [-0.15, -0.1) is 0 Å². The van der Waals surface area contributed by atoms with E-state index in [1.807, 2.05) is 6.07 Å². The van der Waals surface area contributed by atoms with E-state index in [1.165, 1.54) is 19.3 Å². The van der Waals surface area contributed by atoms with Gasteiger partial charge in [-0.1, -0.05) is 19.3 Å². The third-order valence-corrected chi connectivity index (χ3v) is 3.33. The monoisotopic (exact) mass is 255 g/mol. The van der Waals surface area contributed by atoms with Gasteiger partial charge in [-0.25, -0.2) is 0 Å². The molecule has 0 spiro atoms. The van der Waals surface area contributed by atoms with Crippen LogP contribution in [0.15, 0.2) is 22.9 Å². The summed E-state index contributed by atoms with van der Waals surface area (Å²) in [5, 5.41) is 9.92. The van der Waals surface area contributed by atoms with E-state index in [1.54, 1.807) is 12.4 Å². The molecule has 0 radical (unpaired) electrons. The number of halogens is 1. The van der Waals surface area contributed by atoms with Gasteiger partial charge in [-0.05, 0) is 39.9 Å². The summed E-state index contributed by atoms with van der Waals surface area (Å²) in [6, 6.07) is 1.94. The van der Waals surface area contributed by atoms with Crippen LogP contribution in [0.1, 0.15) is 37.4 Å².